The Morgan fingerprint density at radius 2 is 2.21 bits per heavy atom. The number of rotatable bonds is 2. The minimum atomic E-state index is 0.883. The van der Waals surface area contributed by atoms with Crippen LogP contribution in [0.25, 0.3) is 0 Å². The van der Waals surface area contributed by atoms with Crippen LogP contribution in [-0.2, 0) is 0 Å². The van der Waals surface area contributed by atoms with Crippen molar-refractivity contribution in [3.8, 4) is 5.75 Å². The van der Waals surface area contributed by atoms with Crippen LogP contribution < -0.4 is 15.0 Å². The predicted octanol–water partition coefficient (Wildman–Crippen LogP) is 0.380. The lowest BCUT2D eigenvalue weighted by atomic mass is 10.2. The van der Waals surface area contributed by atoms with Gasteiger partial charge in [-0.1, -0.05) is 12.1 Å². The molecule has 0 fully saturated rings. The first-order chi connectivity index (χ1) is 6.90. The van der Waals surface area contributed by atoms with Gasteiger partial charge < -0.3 is 4.74 Å². The summed E-state index contributed by atoms with van der Waals surface area (Å²) in [6.07, 6.45) is 2.30. The average Bonchev–Trinajstić information content (AvgIpc) is 2.71. The molecule has 2 rings (SSSR count). The Morgan fingerprint density at radius 1 is 1.36 bits per heavy atom. The molecule has 0 aliphatic carbocycles. The highest BCUT2D eigenvalue weighted by molar-refractivity contribution is 5.93. The van der Waals surface area contributed by atoms with E-state index in [0.29, 0.717) is 0 Å². The van der Waals surface area contributed by atoms with Crippen molar-refractivity contribution in [2.24, 2.45) is 0 Å². The number of benzene rings is 1. The van der Waals surface area contributed by atoms with E-state index >= 15 is 0 Å². The summed E-state index contributed by atoms with van der Waals surface area (Å²) in [4.78, 5) is 3.31. The van der Waals surface area contributed by atoms with Gasteiger partial charge in [-0.05, 0) is 18.6 Å². The number of para-hydroxylation sites is 2. The van der Waals surface area contributed by atoms with Crippen molar-refractivity contribution in [2.45, 2.75) is 12.8 Å². The van der Waals surface area contributed by atoms with Crippen LogP contribution in [0.15, 0.2) is 24.3 Å². The fraction of sp³-hybridized carbons (Fsp3) is 0.364. The average molecular weight is 191 g/mol. The van der Waals surface area contributed by atoms with Crippen LogP contribution in [0.1, 0.15) is 12.8 Å². The van der Waals surface area contributed by atoms with Crippen molar-refractivity contribution in [2.75, 3.05) is 19.0 Å². The van der Waals surface area contributed by atoms with E-state index in [-0.39, 0.29) is 0 Å². The molecule has 1 heterocycles. The van der Waals surface area contributed by atoms with Gasteiger partial charge in [0.25, 0.3) is 0 Å². The zero-order valence-electron chi connectivity index (χ0n) is 8.34. The first kappa shape index (κ1) is 9.06. The Balaban J connectivity index is 2.15. The van der Waals surface area contributed by atoms with Gasteiger partial charge in [0.15, 0.2) is 11.4 Å². The molecule has 0 aromatic heterocycles. The van der Waals surface area contributed by atoms with Crippen LogP contribution in [0.3, 0.4) is 0 Å². The van der Waals surface area contributed by atoms with E-state index in [2.05, 4.69) is 10.3 Å². The van der Waals surface area contributed by atoms with Crippen molar-refractivity contribution in [3.63, 3.8) is 0 Å². The molecule has 0 spiro atoms. The number of nitrogens with one attached hydrogen (secondary N) is 2. The summed E-state index contributed by atoms with van der Waals surface area (Å²) < 4.78 is 5.25. The molecule has 0 saturated carbocycles. The molecule has 14 heavy (non-hydrogen) atoms. The van der Waals surface area contributed by atoms with E-state index in [1.54, 1.807) is 7.11 Å². The second kappa shape index (κ2) is 4.13. The molecule has 3 nitrogen and oxygen atoms in total. The van der Waals surface area contributed by atoms with Crippen molar-refractivity contribution in [1.82, 2.24) is 0 Å². The monoisotopic (exact) mass is 191 g/mol. The second-order valence-electron chi connectivity index (χ2n) is 3.33. The third-order valence-corrected chi connectivity index (χ3v) is 2.33. The zero-order chi connectivity index (χ0) is 9.80. The van der Waals surface area contributed by atoms with Crippen molar-refractivity contribution in [1.29, 1.82) is 0 Å². The molecule has 0 unspecified atom stereocenters. The number of ether oxygens (including phenoxy) is 1. The molecule has 2 N–H and O–H groups in total. The summed E-state index contributed by atoms with van der Waals surface area (Å²) in [5.74, 6) is 2.07. The highest BCUT2D eigenvalue weighted by Gasteiger charge is 2.15. The molecule has 1 aromatic rings. The molecule has 0 amide bonds. The van der Waals surface area contributed by atoms with Crippen LogP contribution in [0, 0.1) is 0 Å². The SMILES string of the molecule is COc1ccccc1NC1=[NH+]CCC1. The molecule has 0 bridgehead atoms. The van der Waals surface area contributed by atoms with Crippen molar-refractivity contribution < 1.29 is 9.73 Å². The van der Waals surface area contributed by atoms with E-state index in [4.69, 9.17) is 4.74 Å². The van der Waals surface area contributed by atoms with Gasteiger partial charge in [0.1, 0.15) is 0 Å². The maximum atomic E-state index is 5.25. The summed E-state index contributed by atoms with van der Waals surface area (Å²) in [6.45, 7) is 1.07. The molecule has 0 radical (unpaired) electrons. The lowest BCUT2D eigenvalue weighted by Crippen LogP contribution is -2.70. The summed E-state index contributed by atoms with van der Waals surface area (Å²) in [7, 11) is 1.69. The first-order valence-corrected chi connectivity index (χ1v) is 4.90. The van der Waals surface area contributed by atoms with Gasteiger partial charge in [0, 0.05) is 0 Å². The summed E-state index contributed by atoms with van der Waals surface area (Å²) >= 11 is 0. The zero-order valence-corrected chi connectivity index (χ0v) is 8.34. The molecule has 74 valence electrons. The van der Waals surface area contributed by atoms with Crippen LogP contribution in [0.5, 0.6) is 5.75 Å². The lowest BCUT2D eigenvalue weighted by molar-refractivity contribution is -0.447. The smallest absolute Gasteiger partial charge is 0.247 e. The van der Waals surface area contributed by atoms with Gasteiger partial charge in [0.05, 0.1) is 20.1 Å². The van der Waals surface area contributed by atoms with Gasteiger partial charge in [-0.15, -0.1) is 0 Å². The number of hydrogen-bond acceptors (Lipinski definition) is 2. The van der Waals surface area contributed by atoms with Crippen LogP contribution in [0.2, 0.25) is 0 Å². The first-order valence-electron chi connectivity index (χ1n) is 4.90. The summed E-state index contributed by atoms with van der Waals surface area (Å²) in [6, 6.07) is 7.95. The van der Waals surface area contributed by atoms with Crippen LogP contribution in [0.4, 0.5) is 5.69 Å². The largest absolute Gasteiger partial charge is 0.492 e. The summed E-state index contributed by atoms with van der Waals surface area (Å²) in [5, 5.41) is 3.34. The minimum Gasteiger partial charge on any atom is -0.492 e. The number of amidine groups is 1. The normalized spacial score (nSPS) is 15.1. The fourth-order valence-electron chi connectivity index (χ4n) is 1.61. The minimum absolute atomic E-state index is 0.883. The quantitative estimate of drug-likeness (QED) is 0.709. The van der Waals surface area contributed by atoms with Crippen molar-refractivity contribution in [3.05, 3.63) is 24.3 Å². The van der Waals surface area contributed by atoms with E-state index in [0.717, 1.165) is 24.4 Å². The predicted molar refractivity (Wildman–Crippen MR) is 56.7 cm³/mol. The van der Waals surface area contributed by atoms with Gasteiger partial charge in [-0.25, -0.2) is 5.32 Å². The number of methoxy groups -OCH3 is 1. The molecule has 1 aliphatic rings. The second-order valence-corrected chi connectivity index (χ2v) is 3.33. The lowest BCUT2D eigenvalue weighted by Gasteiger charge is -2.04. The third-order valence-electron chi connectivity index (χ3n) is 2.33. The molecule has 0 saturated heterocycles. The Kier molecular flexibility index (Phi) is 2.68. The maximum absolute atomic E-state index is 5.25. The van der Waals surface area contributed by atoms with Crippen LogP contribution >= 0.6 is 0 Å². The Morgan fingerprint density at radius 3 is 2.93 bits per heavy atom. The van der Waals surface area contributed by atoms with Gasteiger partial charge in [0.2, 0.25) is 5.84 Å². The Hall–Kier alpha value is -1.51. The highest BCUT2D eigenvalue weighted by atomic mass is 16.5. The summed E-state index contributed by atoms with van der Waals surface area (Å²) in [5.41, 5.74) is 1.03. The molecule has 1 aliphatic heterocycles. The number of anilines is 1. The molecule has 0 atom stereocenters. The fourth-order valence-corrected chi connectivity index (χ4v) is 1.61. The molecule has 1 aromatic carbocycles. The standard InChI is InChI=1S/C11H14N2O/c1-14-10-6-3-2-5-9(10)13-11-7-4-8-12-11/h2-3,5-6H,4,7-8H2,1H3,(H,12,13)/p+1. The van der Waals surface area contributed by atoms with Gasteiger partial charge in [-0.3, -0.25) is 4.99 Å². The number of hydrogen-bond donors (Lipinski definition) is 2. The maximum Gasteiger partial charge on any atom is 0.247 e. The van der Waals surface area contributed by atoms with Gasteiger partial charge >= 0.3 is 0 Å². The highest BCUT2D eigenvalue weighted by Crippen LogP contribution is 2.22. The van der Waals surface area contributed by atoms with E-state index in [1.807, 2.05) is 24.3 Å². The van der Waals surface area contributed by atoms with E-state index < -0.39 is 0 Å². The van der Waals surface area contributed by atoms with E-state index in [9.17, 15) is 0 Å². The van der Waals surface area contributed by atoms with Crippen LogP contribution in [-0.4, -0.2) is 19.5 Å². The van der Waals surface area contributed by atoms with E-state index in [1.165, 1.54) is 12.3 Å². The third kappa shape index (κ3) is 1.87. The Bertz CT molecular complexity index is 347. The molecular weight excluding hydrogens is 176 g/mol. The van der Waals surface area contributed by atoms with Gasteiger partial charge in [-0.2, -0.15) is 0 Å². The molecule has 3 heteroatoms. The van der Waals surface area contributed by atoms with Crippen molar-refractivity contribution >= 4 is 11.5 Å². The molecular formula is C11H15N2O+. The topological polar surface area (TPSA) is 35.2 Å². The Labute approximate surface area is 83.8 Å².